The first-order chi connectivity index (χ1) is 8.72. The first-order valence-electron chi connectivity index (χ1n) is 5.27. The number of aryl methyl sites for hydroxylation is 1. The SMILES string of the molecule is COc1nc(NCc2ccnn2C)nc(OC)n1. The molecule has 2 aromatic rings. The standard InChI is InChI=1S/C10H14N6O2/c1-16-7(4-5-12-16)6-11-8-13-9(17-2)15-10(14-8)18-3/h4-5H,6H2,1-3H3,(H,11,13,14,15). The second-order valence-corrected chi connectivity index (χ2v) is 3.43. The Morgan fingerprint density at radius 2 is 1.83 bits per heavy atom. The molecule has 2 heterocycles. The summed E-state index contributed by atoms with van der Waals surface area (Å²) in [6, 6.07) is 2.31. The Bertz CT molecular complexity index is 505. The summed E-state index contributed by atoms with van der Waals surface area (Å²) >= 11 is 0. The van der Waals surface area contributed by atoms with Crippen molar-refractivity contribution in [3.05, 3.63) is 18.0 Å². The van der Waals surface area contributed by atoms with Crippen LogP contribution in [0.4, 0.5) is 5.95 Å². The average Bonchev–Trinajstić information content (AvgIpc) is 2.81. The van der Waals surface area contributed by atoms with Gasteiger partial charge in [-0.15, -0.1) is 4.98 Å². The van der Waals surface area contributed by atoms with E-state index in [1.807, 2.05) is 13.1 Å². The van der Waals surface area contributed by atoms with Crippen LogP contribution in [0.5, 0.6) is 12.0 Å². The maximum absolute atomic E-state index is 4.96. The lowest BCUT2D eigenvalue weighted by Crippen LogP contribution is -2.09. The molecule has 0 aliphatic carbocycles. The number of aromatic nitrogens is 5. The lowest BCUT2D eigenvalue weighted by molar-refractivity contribution is 0.341. The van der Waals surface area contributed by atoms with E-state index in [-0.39, 0.29) is 12.0 Å². The van der Waals surface area contributed by atoms with Crippen LogP contribution in [0.2, 0.25) is 0 Å². The van der Waals surface area contributed by atoms with Crippen LogP contribution in [0.3, 0.4) is 0 Å². The summed E-state index contributed by atoms with van der Waals surface area (Å²) in [5.41, 5.74) is 1.01. The van der Waals surface area contributed by atoms with Gasteiger partial charge in [0.25, 0.3) is 0 Å². The van der Waals surface area contributed by atoms with Crippen LogP contribution in [-0.4, -0.2) is 39.0 Å². The fraction of sp³-hybridized carbons (Fsp3) is 0.400. The quantitative estimate of drug-likeness (QED) is 0.812. The second kappa shape index (κ2) is 5.30. The first-order valence-corrected chi connectivity index (χ1v) is 5.27. The van der Waals surface area contributed by atoms with Crippen LogP contribution in [-0.2, 0) is 13.6 Å². The van der Waals surface area contributed by atoms with Crippen LogP contribution in [0, 0.1) is 0 Å². The summed E-state index contributed by atoms with van der Waals surface area (Å²) in [6.45, 7) is 0.548. The van der Waals surface area contributed by atoms with E-state index in [0.717, 1.165) is 5.69 Å². The Morgan fingerprint density at radius 3 is 2.33 bits per heavy atom. The zero-order valence-electron chi connectivity index (χ0n) is 10.4. The Hall–Kier alpha value is -2.38. The number of rotatable bonds is 5. The molecule has 0 aromatic carbocycles. The lowest BCUT2D eigenvalue weighted by Gasteiger charge is -2.07. The van der Waals surface area contributed by atoms with Crippen LogP contribution in [0.15, 0.2) is 12.3 Å². The Balaban J connectivity index is 2.11. The Morgan fingerprint density at radius 1 is 1.17 bits per heavy atom. The van der Waals surface area contributed by atoms with Crippen molar-refractivity contribution in [3.8, 4) is 12.0 Å². The molecule has 0 radical (unpaired) electrons. The van der Waals surface area contributed by atoms with Gasteiger partial charge in [0.1, 0.15) is 0 Å². The number of hydrogen-bond donors (Lipinski definition) is 1. The normalized spacial score (nSPS) is 10.2. The van der Waals surface area contributed by atoms with Crippen LogP contribution in [0.25, 0.3) is 0 Å². The van der Waals surface area contributed by atoms with Crippen molar-refractivity contribution in [3.63, 3.8) is 0 Å². The van der Waals surface area contributed by atoms with Gasteiger partial charge in [-0.3, -0.25) is 4.68 Å². The van der Waals surface area contributed by atoms with Crippen molar-refractivity contribution >= 4 is 5.95 Å². The van der Waals surface area contributed by atoms with Gasteiger partial charge in [-0.05, 0) is 6.07 Å². The first kappa shape index (κ1) is 12.1. The smallest absolute Gasteiger partial charge is 0.324 e. The molecule has 0 unspecified atom stereocenters. The molecule has 0 spiro atoms. The minimum Gasteiger partial charge on any atom is -0.467 e. The molecule has 0 saturated heterocycles. The molecule has 0 aliphatic heterocycles. The van der Waals surface area contributed by atoms with E-state index in [2.05, 4.69) is 25.4 Å². The molecule has 0 amide bonds. The highest BCUT2D eigenvalue weighted by Gasteiger charge is 2.07. The van der Waals surface area contributed by atoms with Crippen LogP contribution < -0.4 is 14.8 Å². The fourth-order valence-electron chi connectivity index (χ4n) is 1.34. The molecule has 2 aromatic heterocycles. The van der Waals surface area contributed by atoms with Gasteiger partial charge in [0.15, 0.2) is 0 Å². The zero-order chi connectivity index (χ0) is 13.0. The van der Waals surface area contributed by atoms with E-state index in [9.17, 15) is 0 Å². The molecule has 8 nitrogen and oxygen atoms in total. The Labute approximate surface area is 104 Å². The van der Waals surface area contributed by atoms with Gasteiger partial charge < -0.3 is 14.8 Å². The van der Waals surface area contributed by atoms with E-state index in [1.54, 1.807) is 10.9 Å². The predicted molar refractivity (Wildman–Crippen MR) is 63.5 cm³/mol. The molecule has 8 heteroatoms. The van der Waals surface area contributed by atoms with Crippen molar-refractivity contribution in [2.24, 2.45) is 7.05 Å². The molecule has 1 N–H and O–H groups in total. The lowest BCUT2D eigenvalue weighted by atomic mass is 10.4. The largest absolute Gasteiger partial charge is 0.467 e. The fourth-order valence-corrected chi connectivity index (χ4v) is 1.34. The van der Waals surface area contributed by atoms with Gasteiger partial charge in [-0.1, -0.05) is 0 Å². The molecular weight excluding hydrogens is 236 g/mol. The summed E-state index contributed by atoms with van der Waals surface area (Å²) in [7, 11) is 4.84. The van der Waals surface area contributed by atoms with Crippen LogP contribution >= 0.6 is 0 Å². The van der Waals surface area contributed by atoms with E-state index < -0.39 is 0 Å². The highest BCUT2D eigenvalue weighted by molar-refractivity contribution is 5.28. The van der Waals surface area contributed by atoms with Crippen molar-refractivity contribution in [2.75, 3.05) is 19.5 Å². The maximum atomic E-state index is 4.96. The van der Waals surface area contributed by atoms with Crippen molar-refractivity contribution in [2.45, 2.75) is 6.54 Å². The summed E-state index contributed by atoms with van der Waals surface area (Å²) in [6.07, 6.45) is 1.73. The number of nitrogens with zero attached hydrogens (tertiary/aromatic N) is 5. The summed E-state index contributed by atoms with van der Waals surface area (Å²) in [5.74, 6) is 0.389. The minimum absolute atomic E-state index is 0.203. The molecule has 96 valence electrons. The van der Waals surface area contributed by atoms with Gasteiger partial charge in [-0.2, -0.15) is 15.1 Å². The summed E-state index contributed by atoms with van der Waals surface area (Å²) in [5, 5.41) is 7.12. The molecule has 0 bridgehead atoms. The predicted octanol–water partition coefficient (Wildman–Crippen LogP) is 0.234. The monoisotopic (exact) mass is 250 g/mol. The average molecular weight is 250 g/mol. The van der Waals surface area contributed by atoms with E-state index >= 15 is 0 Å². The van der Waals surface area contributed by atoms with E-state index in [4.69, 9.17) is 9.47 Å². The highest BCUT2D eigenvalue weighted by Crippen LogP contribution is 2.12. The summed E-state index contributed by atoms with van der Waals surface area (Å²) in [4.78, 5) is 12.0. The number of methoxy groups -OCH3 is 2. The van der Waals surface area contributed by atoms with E-state index in [0.29, 0.717) is 12.5 Å². The van der Waals surface area contributed by atoms with Crippen molar-refractivity contribution < 1.29 is 9.47 Å². The van der Waals surface area contributed by atoms with E-state index in [1.165, 1.54) is 14.2 Å². The molecule has 18 heavy (non-hydrogen) atoms. The van der Waals surface area contributed by atoms with Crippen molar-refractivity contribution in [1.29, 1.82) is 0 Å². The van der Waals surface area contributed by atoms with Gasteiger partial charge in [-0.25, -0.2) is 0 Å². The van der Waals surface area contributed by atoms with Gasteiger partial charge in [0.2, 0.25) is 5.95 Å². The van der Waals surface area contributed by atoms with Gasteiger partial charge >= 0.3 is 12.0 Å². The number of anilines is 1. The minimum atomic E-state index is 0.203. The number of hydrogen-bond acceptors (Lipinski definition) is 7. The number of nitrogens with one attached hydrogen (secondary N) is 1. The molecule has 0 saturated carbocycles. The molecule has 0 atom stereocenters. The number of ether oxygens (including phenoxy) is 2. The highest BCUT2D eigenvalue weighted by atomic mass is 16.5. The molecule has 0 fully saturated rings. The van der Waals surface area contributed by atoms with Crippen molar-refractivity contribution in [1.82, 2.24) is 24.7 Å². The third kappa shape index (κ3) is 2.65. The third-order valence-corrected chi connectivity index (χ3v) is 2.31. The third-order valence-electron chi connectivity index (χ3n) is 2.31. The molecule has 2 rings (SSSR count). The maximum Gasteiger partial charge on any atom is 0.324 e. The molecule has 0 aliphatic rings. The van der Waals surface area contributed by atoms with Gasteiger partial charge in [0.05, 0.1) is 26.5 Å². The second-order valence-electron chi connectivity index (χ2n) is 3.43. The topological polar surface area (TPSA) is 87.0 Å². The van der Waals surface area contributed by atoms with Crippen LogP contribution in [0.1, 0.15) is 5.69 Å². The zero-order valence-corrected chi connectivity index (χ0v) is 10.4. The summed E-state index contributed by atoms with van der Waals surface area (Å²) < 4.78 is 11.7. The van der Waals surface area contributed by atoms with Gasteiger partial charge in [0, 0.05) is 13.2 Å². The molecular formula is C10H14N6O2. The Kier molecular flexibility index (Phi) is 3.56.